The maximum absolute atomic E-state index is 11.3. The Morgan fingerprint density at radius 3 is 1.89 bits per heavy atom. The Hall–Kier alpha value is -2.29. The van der Waals surface area contributed by atoms with Crippen LogP contribution < -0.4 is 10.6 Å². The van der Waals surface area contributed by atoms with Gasteiger partial charge < -0.3 is 10.6 Å². The zero-order valence-corrected chi connectivity index (χ0v) is 11.2. The molecule has 0 aliphatic carbocycles. The smallest absolute Gasteiger partial charge is 0.224 e. The molecule has 2 rings (SSSR count). The van der Waals surface area contributed by atoms with Crippen LogP contribution in [0.3, 0.4) is 0 Å². The van der Waals surface area contributed by atoms with Crippen LogP contribution in [-0.2, 0) is 4.79 Å². The highest BCUT2D eigenvalue weighted by Crippen LogP contribution is 2.19. The summed E-state index contributed by atoms with van der Waals surface area (Å²) in [5, 5.41) is 6.14. The first-order valence-corrected chi connectivity index (χ1v) is 6.41. The molecule has 0 radical (unpaired) electrons. The summed E-state index contributed by atoms with van der Waals surface area (Å²) in [4.78, 5) is 11.3. The highest BCUT2D eigenvalue weighted by atomic mass is 16.1. The minimum atomic E-state index is 0.0271. The van der Waals surface area contributed by atoms with Gasteiger partial charge in [0.1, 0.15) is 0 Å². The number of carbonyl (C=O) groups is 1. The molecule has 0 bridgehead atoms. The summed E-state index contributed by atoms with van der Waals surface area (Å²) in [6, 6.07) is 15.9. The zero-order valence-electron chi connectivity index (χ0n) is 11.2. The first kappa shape index (κ1) is 13.1. The lowest BCUT2D eigenvalue weighted by molar-refractivity contribution is -0.115. The molecule has 0 atom stereocenters. The third-order valence-corrected chi connectivity index (χ3v) is 2.83. The third-order valence-electron chi connectivity index (χ3n) is 2.83. The van der Waals surface area contributed by atoms with Gasteiger partial charge in [-0.15, -0.1) is 0 Å². The summed E-state index contributed by atoms with van der Waals surface area (Å²) < 4.78 is 0. The lowest BCUT2D eigenvalue weighted by atomic mass is 10.2. The molecule has 19 heavy (non-hydrogen) atoms. The van der Waals surface area contributed by atoms with Crippen LogP contribution in [0, 0.1) is 6.92 Å². The second-order valence-corrected chi connectivity index (χ2v) is 4.47. The summed E-state index contributed by atoms with van der Waals surface area (Å²) >= 11 is 0. The van der Waals surface area contributed by atoms with Crippen molar-refractivity contribution in [1.82, 2.24) is 0 Å². The van der Waals surface area contributed by atoms with Crippen LogP contribution in [0.15, 0.2) is 48.5 Å². The van der Waals surface area contributed by atoms with Gasteiger partial charge in [-0.1, -0.05) is 24.6 Å². The fourth-order valence-corrected chi connectivity index (χ4v) is 1.69. The fourth-order valence-electron chi connectivity index (χ4n) is 1.69. The molecule has 0 spiro atoms. The van der Waals surface area contributed by atoms with Crippen molar-refractivity contribution >= 4 is 23.0 Å². The second kappa shape index (κ2) is 6.05. The van der Waals surface area contributed by atoms with Crippen LogP contribution in [0.25, 0.3) is 0 Å². The van der Waals surface area contributed by atoms with Gasteiger partial charge in [0.25, 0.3) is 0 Å². The van der Waals surface area contributed by atoms with E-state index in [9.17, 15) is 4.79 Å². The molecular formula is C16H18N2O. The van der Waals surface area contributed by atoms with Crippen LogP contribution in [-0.4, -0.2) is 5.91 Å². The van der Waals surface area contributed by atoms with Gasteiger partial charge >= 0.3 is 0 Å². The Labute approximate surface area is 113 Å². The number of hydrogen-bond acceptors (Lipinski definition) is 2. The minimum Gasteiger partial charge on any atom is -0.356 e. The number of nitrogens with one attached hydrogen (secondary N) is 2. The van der Waals surface area contributed by atoms with Crippen molar-refractivity contribution < 1.29 is 4.79 Å². The number of benzene rings is 2. The maximum Gasteiger partial charge on any atom is 0.224 e. The van der Waals surface area contributed by atoms with Gasteiger partial charge in [0.15, 0.2) is 0 Å². The van der Waals surface area contributed by atoms with E-state index in [0.717, 1.165) is 17.1 Å². The second-order valence-electron chi connectivity index (χ2n) is 4.47. The largest absolute Gasteiger partial charge is 0.356 e. The van der Waals surface area contributed by atoms with Gasteiger partial charge in [0.05, 0.1) is 0 Å². The summed E-state index contributed by atoms with van der Waals surface area (Å²) in [5.41, 5.74) is 4.11. The van der Waals surface area contributed by atoms with Gasteiger partial charge in [0, 0.05) is 23.5 Å². The zero-order chi connectivity index (χ0) is 13.7. The average molecular weight is 254 g/mol. The summed E-state index contributed by atoms with van der Waals surface area (Å²) in [7, 11) is 0. The number of carbonyl (C=O) groups excluding carboxylic acids is 1. The van der Waals surface area contributed by atoms with E-state index in [1.54, 1.807) is 0 Å². The van der Waals surface area contributed by atoms with Crippen molar-refractivity contribution in [2.75, 3.05) is 10.6 Å². The molecule has 0 heterocycles. The minimum absolute atomic E-state index is 0.0271. The summed E-state index contributed by atoms with van der Waals surface area (Å²) in [6.07, 6.45) is 0.489. The molecule has 3 heteroatoms. The average Bonchev–Trinajstić information content (AvgIpc) is 2.43. The SMILES string of the molecule is CCC(=O)Nc1ccc(Nc2ccc(C)cc2)cc1. The van der Waals surface area contributed by atoms with E-state index >= 15 is 0 Å². The van der Waals surface area contributed by atoms with Crippen molar-refractivity contribution in [1.29, 1.82) is 0 Å². The van der Waals surface area contributed by atoms with Crippen LogP contribution >= 0.6 is 0 Å². The Morgan fingerprint density at radius 2 is 1.37 bits per heavy atom. The first-order chi connectivity index (χ1) is 9.17. The first-order valence-electron chi connectivity index (χ1n) is 6.41. The molecule has 0 aliphatic rings. The molecule has 1 amide bonds. The van der Waals surface area contributed by atoms with E-state index < -0.39 is 0 Å². The maximum atomic E-state index is 11.3. The summed E-state index contributed by atoms with van der Waals surface area (Å²) in [6.45, 7) is 3.90. The van der Waals surface area contributed by atoms with Crippen molar-refractivity contribution in [2.45, 2.75) is 20.3 Å². The van der Waals surface area contributed by atoms with Crippen LogP contribution in [0.2, 0.25) is 0 Å². The number of anilines is 3. The van der Waals surface area contributed by atoms with Crippen molar-refractivity contribution in [2.24, 2.45) is 0 Å². The number of aryl methyl sites for hydroxylation is 1. The molecule has 0 fully saturated rings. The van der Waals surface area contributed by atoms with E-state index in [1.165, 1.54) is 5.56 Å². The fraction of sp³-hybridized carbons (Fsp3) is 0.188. The van der Waals surface area contributed by atoms with E-state index in [2.05, 4.69) is 29.7 Å². The van der Waals surface area contributed by atoms with Gasteiger partial charge in [-0.2, -0.15) is 0 Å². The molecular weight excluding hydrogens is 236 g/mol. The Bertz CT molecular complexity index is 544. The van der Waals surface area contributed by atoms with Crippen molar-refractivity contribution in [3.63, 3.8) is 0 Å². The number of amides is 1. The van der Waals surface area contributed by atoms with E-state index in [4.69, 9.17) is 0 Å². The van der Waals surface area contributed by atoms with E-state index in [0.29, 0.717) is 6.42 Å². The highest BCUT2D eigenvalue weighted by Gasteiger charge is 1.99. The van der Waals surface area contributed by atoms with Crippen LogP contribution in [0.1, 0.15) is 18.9 Å². The molecule has 2 aromatic carbocycles. The number of hydrogen-bond donors (Lipinski definition) is 2. The molecule has 3 nitrogen and oxygen atoms in total. The lowest BCUT2D eigenvalue weighted by Crippen LogP contribution is -2.09. The van der Waals surface area contributed by atoms with Crippen LogP contribution in [0.5, 0.6) is 0 Å². The topological polar surface area (TPSA) is 41.1 Å². The Balaban J connectivity index is 2.02. The monoisotopic (exact) mass is 254 g/mol. The van der Waals surface area contributed by atoms with Crippen molar-refractivity contribution in [3.8, 4) is 0 Å². The van der Waals surface area contributed by atoms with E-state index in [-0.39, 0.29) is 5.91 Å². The summed E-state index contributed by atoms with van der Waals surface area (Å²) in [5.74, 6) is 0.0271. The molecule has 0 saturated heterocycles. The molecule has 0 unspecified atom stereocenters. The van der Waals surface area contributed by atoms with E-state index in [1.807, 2.05) is 43.3 Å². The molecule has 0 aliphatic heterocycles. The third kappa shape index (κ3) is 3.85. The van der Waals surface area contributed by atoms with Gasteiger partial charge in [-0.05, 0) is 43.3 Å². The Kier molecular flexibility index (Phi) is 4.18. The van der Waals surface area contributed by atoms with Gasteiger partial charge in [0.2, 0.25) is 5.91 Å². The quantitative estimate of drug-likeness (QED) is 0.863. The molecule has 0 saturated carbocycles. The molecule has 98 valence electrons. The predicted octanol–water partition coefficient (Wildman–Crippen LogP) is 4.09. The standard InChI is InChI=1S/C16H18N2O/c1-3-16(19)18-15-10-8-14(9-11-15)17-13-6-4-12(2)5-7-13/h4-11,17H,3H2,1-2H3,(H,18,19). The molecule has 0 aromatic heterocycles. The molecule has 2 N–H and O–H groups in total. The van der Waals surface area contributed by atoms with Gasteiger partial charge in [-0.25, -0.2) is 0 Å². The lowest BCUT2D eigenvalue weighted by Gasteiger charge is -2.08. The molecule has 2 aromatic rings. The number of rotatable bonds is 4. The van der Waals surface area contributed by atoms with Gasteiger partial charge in [-0.3, -0.25) is 4.79 Å². The normalized spacial score (nSPS) is 10.0. The van der Waals surface area contributed by atoms with Crippen molar-refractivity contribution in [3.05, 3.63) is 54.1 Å². The Morgan fingerprint density at radius 1 is 0.895 bits per heavy atom. The van der Waals surface area contributed by atoms with Crippen LogP contribution in [0.4, 0.5) is 17.1 Å². The highest BCUT2D eigenvalue weighted by molar-refractivity contribution is 5.90. The predicted molar refractivity (Wildman–Crippen MR) is 79.8 cm³/mol.